The summed E-state index contributed by atoms with van der Waals surface area (Å²) in [6.07, 6.45) is -4.53. The van der Waals surface area contributed by atoms with Crippen LogP contribution in [0.2, 0.25) is 0 Å². The quantitative estimate of drug-likeness (QED) is 0.610. The number of pyridine rings is 1. The molecule has 1 saturated heterocycles. The number of hydrogen-bond acceptors (Lipinski definition) is 3. The van der Waals surface area contributed by atoms with Crippen LogP contribution in [0.4, 0.5) is 13.2 Å². The molecule has 3 N–H and O–H groups in total. The molecule has 30 heavy (non-hydrogen) atoms. The molecule has 0 bridgehead atoms. The Morgan fingerprint density at radius 2 is 1.80 bits per heavy atom. The average Bonchev–Trinajstić information content (AvgIpc) is 3.09. The number of benzene rings is 2. The monoisotopic (exact) mass is 416 g/mol. The minimum Gasteiger partial charge on any atom is -0.480 e. The van der Waals surface area contributed by atoms with Crippen molar-refractivity contribution in [2.75, 3.05) is 0 Å². The number of rotatable bonds is 3. The molecular formula is C21H15F3N2O4. The van der Waals surface area contributed by atoms with Gasteiger partial charge in [0.25, 0.3) is 5.56 Å². The number of aromatic amines is 1. The third-order valence-corrected chi connectivity index (χ3v) is 5.20. The van der Waals surface area contributed by atoms with E-state index in [0.717, 1.165) is 6.07 Å². The van der Waals surface area contributed by atoms with Crippen LogP contribution in [0.15, 0.2) is 53.3 Å². The molecule has 1 amide bonds. The number of carboxylic acid groups (broad SMARTS) is 1. The van der Waals surface area contributed by atoms with E-state index in [4.69, 9.17) is 5.11 Å². The van der Waals surface area contributed by atoms with Crippen LogP contribution in [0.25, 0.3) is 22.0 Å². The molecule has 0 saturated carbocycles. The van der Waals surface area contributed by atoms with Gasteiger partial charge in [-0.2, -0.15) is 13.2 Å². The zero-order valence-corrected chi connectivity index (χ0v) is 15.3. The third kappa shape index (κ3) is 3.42. The maximum Gasteiger partial charge on any atom is 0.417 e. The summed E-state index contributed by atoms with van der Waals surface area (Å²) in [4.78, 5) is 38.3. The molecule has 1 aliphatic heterocycles. The number of aliphatic carboxylic acids is 1. The molecule has 2 aromatic carbocycles. The standard InChI is InChI=1S/C21H15F3N2O4/c22-21(23,24)15-4-2-1-3-12(15)16-8-11-6-5-10(7-13(11)18(27)25-16)14-9-17(20(29)30)26-19(14)28/h1-8,14,17H,9H2,(H,25,27)(H,26,28)(H,29,30)/t14-,17?/m1/s1. The molecule has 0 radical (unpaired) electrons. The molecule has 4 rings (SSSR count). The van der Waals surface area contributed by atoms with Crippen molar-refractivity contribution in [2.24, 2.45) is 0 Å². The predicted molar refractivity (Wildman–Crippen MR) is 102 cm³/mol. The van der Waals surface area contributed by atoms with E-state index in [2.05, 4.69) is 10.3 Å². The fraction of sp³-hybridized carbons (Fsp3) is 0.190. The van der Waals surface area contributed by atoms with E-state index in [1.807, 2.05) is 0 Å². The first-order chi connectivity index (χ1) is 14.1. The van der Waals surface area contributed by atoms with Gasteiger partial charge in [-0.1, -0.05) is 30.3 Å². The number of amides is 1. The summed E-state index contributed by atoms with van der Waals surface area (Å²) < 4.78 is 40.0. The highest BCUT2D eigenvalue weighted by Gasteiger charge is 2.37. The lowest BCUT2D eigenvalue weighted by molar-refractivity contribution is -0.140. The Kier molecular flexibility index (Phi) is 4.60. The number of nitrogens with one attached hydrogen (secondary N) is 2. The second kappa shape index (κ2) is 7.01. The number of alkyl halides is 3. The molecule has 0 aliphatic carbocycles. The minimum absolute atomic E-state index is 0.0257. The fourth-order valence-corrected chi connectivity index (χ4v) is 3.73. The summed E-state index contributed by atoms with van der Waals surface area (Å²) in [6, 6.07) is 9.99. The van der Waals surface area contributed by atoms with E-state index < -0.39 is 41.1 Å². The summed E-state index contributed by atoms with van der Waals surface area (Å²) in [5, 5.41) is 12.1. The maximum absolute atomic E-state index is 13.3. The van der Waals surface area contributed by atoms with E-state index in [0.29, 0.717) is 10.9 Å². The van der Waals surface area contributed by atoms with Crippen LogP contribution in [0.1, 0.15) is 23.5 Å². The summed E-state index contributed by atoms with van der Waals surface area (Å²) in [5.41, 5.74) is -1.11. The van der Waals surface area contributed by atoms with Crippen LogP contribution >= 0.6 is 0 Å². The van der Waals surface area contributed by atoms with E-state index in [-0.39, 0.29) is 23.1 Å². The second-order valence-corrected chi connectivity index (χ2v) is 7.09. The van der Waals surface area contributed by atoms with E-state index in [9.17, 15) is 27.6 Å². The second-order valence-electron chi connectivity index (χ2n) is 7.09. The van der Waals surface area contributed by atoms with Gasteiger partial charge in [0.15, 0.2) is 0 Å². The predicted octanol–water partition coefficient (Wildman–Crippen LogP) is 3.27. The molecule has 1 unspecified atom stereocenters. The van der Waals surface area contributed by atoms with E-state index in [1.54, 1.807) is 12.1 Å². The molecule has 154 valence electrons. The van der Waals surface area contributed by atoms with Crippen LogP contribution in [0, 0.1) is 0 Å². The van der Waals surface area contributed by atoms with Gasteiger partial charge in [0.1, 0.15) is 6.04 Å². The Hall–Kier alpha value is -3.62. The van der Waals surface area contributed by atoms with Crippen LogP contribution in [-0.4, -0.2) is 28.0 Å². The number of hydrogen-bond donors (Lipinski definition) is 3. The lowest BCUT2D eigenvalue weighted by Crippen LogP contribution is -2.32. The number of H-pyrrole nitrogens is 1. The van der Waals surface area contributed by atoms with Crippen molar-refractivity contribution in [3.8, 4) is 11.3 Å². The van der Waals surface area contributed by atoms with Crippen molar-refractivity contribution < 1.29 is 27.9 Å². The van der Waals surface area contributed by atoms with Crippen LogP contribution < -0.4 is 10.9 Å². The SMILES string of the molecule is O=C(O)C1C[C@H](c2ccc3cc(-c4ccccc4C(F)(F)F)[nH]c(=O)c3c2)C(=O)N1. The van der Waals surface area contributed by atoms with Gasteiger partial charge < -0.3 is 15.4 Å². The highest BCUT2D eigenvalue weighted by molar-refractivity contribution is 5.94. The Labute approximate surface area is 167 Å². The van der Waals surface area contributed by atoms with Crippen molar-refractivity contribution in [3.63, 3.8) is 0 Å². The average molecular weight is 416 g/mol. The van der Waals surface area contributed by atoms with Crippen molar-refractivity contribution in [3.05, 3.63) is 70.0 Å². The lowest BCUT2D eigenvalue weighted by atomic mass is 9.93. The highest BCUT2D eigenvalue weighted by Crippen LogP contribution is 2.37. The fourth-order valence-electron chi connectivity index (χ4n) is 3.73. The zero-order valence-electron chi connectivity index (χ0n) is 15.3. The van der Waals surface area contributed by atoms with Gasteiger partial charge in [-0.3, -0.25) is 9.59 Å². The highest BCUT2D eigenvalue weighted by atomic mass is 19.4. The van der Waals surface area contributed by atoms with Gasteiger partial charge in [-0.05, 0) is 35.6 Å². The van der Waals surface area contributed by atoms with E-state index >= 15 is 0 Å². The molecule has 1 fully saturated rings. The molecule has 1 aromatic heterocycles. The summed E-state index contributed by atoms with van der Waals surface area (Å²) in [6.45, 7) is 0. The Balaban J connectivity index is 1.78. The molecule has 2 atom stereocenters. The topological polar surface area (TPSA) is 99.3 Å². The molecular weight excluding hydrogens is 401 g/mol. The smallest absolute Gasteiger partial charge is 0.417 e. The van der Waals surface area contributed by atoms with Crippen molar-refractivity contribution in [1.82, 2.24) is 10.3 Å². The summed E-state index contributed by atoms with van der Waals surface area (Å²) in [7, 11) is 0. The molecule has 9 heteroatoms. The van der Waals surface area contributed by atoms with Gasteiger partial charge in [0, 0.05) is 16.6 Å². The summed E-state index contributed by atoms with van der Waals surface area (Å²) >= 11 is 0. The van der Waals surface area contributed by atoms with Gasteiger partial charge >= 0.3 is 12.1 Å². The van der Waals surface area contributed by atoms with Gasteiger partial charge in [-0.15, -0.1) is 0 Å². The number of carbonyl (C=O) groups excluding carboxylic acids is 1. The number of halogens is 3. The van der Waals surface area contributed by atoms with Gasteiger partial charge in [0.05, 0.1) is 11.5 Å². The van der Waals surface area contributed by atoms with Crippen molar-refractivity contribution >= 4 is 22.6 Å². The largest absolute Gasteiger partial charge is 0.480 e. The van der Waals surface area contributed by atoms with Gasteiger partial charge in [-0.25, -0.2) is 4.79 Å². The molecule has 1 aliphatic rings. The van der Waals surface area contributed by atoms with Crippen LogP contribution in [-0.2, 0) is 15.8 Å². The van der Waals surface area contributed by atoms with Crippen molar-refractivity contribution in [1.29, 1.82) is 0 Å². The first-order valence-corrected chi connectivity index (χ1v) is 9.02. The van der Waals surface area contributed by atoms with Crippen molar-refractivity contribution in [2.45, 2.75) is 24.6 Å². The first kappa shape index (κ1) is 19.7. The molecule has 0 spiro atoms. The molecule has 3 aromatic rings. The normalized spacial score (nSPS) is 19.1. The van der Waals surface area contributed by atoms with E-state index in [1.165, 1.54) is 30.3 Å². The lowest BCUT2D eigenvalue weighted by Gasteiger charge is -2.13. The maximum atomic E-state index is 13.3. The Morgan fingerprint density at radius 1 is 1.07 bits per heavy atom. The number of carboxylic acids is 1. The Bertz CT molecular complexity index is 1230. The number of aromatic nitrogens is 1. The summed E-state index contributed by atoms with van der Waals surface area (Å²) in [5.74, 6) is -2.31. The Morgan fingerprint density at radius 3 is 2.47 bits per heavy atom. The molecule has 2 heterocycles. The number of carbonyl (C=O) groups is 2. The zero-order chi connectivity index (χ0) is 21.6. The van der Waals surface area contributed by atoms with Crippen LogP contribution in [0.3, 0.4) is 0 Å². The van der Waals surface area contributed by atoms with Gasteiger partial charge in [0.2, 0.25) is 5.91 Å². The third-order valence-electron chi connectivity index (χ3n) is 5.20. The molecule has 6 nitrogen and oxygen atoms in total. The first-order valence-electron chi connectivity index (χ1n) is 9.02. The minimum atomic E-state index is -4.58. The van der Waals surface area contributed by atoms with Crippen LogP contribution in [0.5, 0.6) is 0 Å². The number of fused-ring (bicyclic) bond motifs is 1.